The average molecular weight is 309 g/mol. The summed E-state index contributed by atoms with van der Waals surface area (Å²) in [6.07, 6.45) is 2.01. The van der Waals surface area contributed by atoms with Crippen LogP contribution in [0, 0.1) is 5.92 Å². The zero-order valence-electron chi connectivity index (χ0n) is 12.8. The van der Waals surface area contributed by atoms with Crippen LogP contribution in [0.2, 0.25) is 0 Å². The molecule has 3 N–H and O–H groups in total. The minimum atomic E-state index is -0.332. The fraction of sp³-hybridized carbons (Fsp3) is 0.571. The van der Waals surface area contributed by atoms with Gasteiger partial charge in [0.15, 0.2) is 10.8 Å². The lowest BCUT2D eigenvalue weighted by Crippen LogP contribution is -2.37. The number of nitrogens with one attached hydrogen (secondary N) is 1. The summed E-state index contributed by atoms with van der Waals surface area (Å²) < 4.78 is 2.08. The third-order valence-electron chi connectivity index (χ3n) is 3.11. The van der Waals surface area contributed by atoms with Gasteiger partial charge in [0.1, 0.15) is 0 Å². The highest BCUT2D eigenvalue weighted by Gasteiger charge is 2.20. The highest BCUT2D eigenvalue weighted by atomic mass is 32.1. The molecule has 1 amide bonds. The molecule has 21 heavy (non-hydrogen) atoms. The van der Waals surface area contributed by atoms with Crippen LogP contribution in [0.25, 0.3) is 4.96 Å². The summed E-state index contributed by atoms with van der Waals surface area (Å²) in [4.78, 5) is 19.0. The van der Waals surface area contributed by atoms with Gasteiger partial charge in [0.25, 0.3) is 0 Å². The van der Waals surface area contributed by atoms with Crippen molar-refractivity contribution in [1.82, 2.24) is 14.7 Å². The molecule has 2 heterocycles. The first kappa shape index (κ1) is 15.8. The summed E-state index contributed by atoms with van der Waals surface area (Å²) >= 11 is 1.59. The average Bonchev–Trinajstić information content (AvgIpc) is 2.95. The van der Waals surface area contributed by atoms with Gasteiger partial charge in [-0.25, -0.2) is 4.98 Å². The summed E-state index contributed by atoms with van der Waals surface area (Å²) in [6, 6.07) is 0. The van der Waals surface area contributed by atoms with E-state index in [0.29, 0.717) is 5.92 Å². The smallest absolute Gasteiger partial charge is 0.236 e. The van der Waals surface area contributed by atoms with Crippen molar-refractivity contribution in [3.8, 4) is 0 Å². The van der Waals surface area contributed by atoms with Gasteiger partial charge in [-0.2, -0.15) is 0 Å². The molecular weight excluding hydrogens is 286 g/mol. The zero-order chi connectivity index (χ0) is 15.4. The maximum atomic E-state index is 11.4. The van der Waals surface area contributed by atoms with Crippen LogP contribution >= 0.6 is 11.3 Å². The minimum Gasteiger partial charge on any atom is -0.368 e. The molecule has 0 radical (unpaired) electrons. The number of primary amides is 1. The number of nitrogens with zero attached hydrogens (tertiary/aromatic N) is 3. The van der Waals surface area contributed by atoms with Crippen LogP contribution in [0.4, 0.5) is 5.82 Å². The molecule has 116 valence electrons. The van der Waals surface area contributed by atoms with Crippen molar-refractivity contribution in [2.75, 3.05) is 24.5 Å². The molecule has 0 spiro atoms. The van der Waals surface area contributed by atoms with Crippen LogP contribution in [0.15, 0.2) is 11.6 Å². The first-order valence-corrected chi connectivity index (χ1v) is 8.09. The molecule has 0 unspecified atom stereocenters. The summed E-state index contributed by atoms with van der Waals surface area (Å²) in [5.41, 5.74) is 6.48. The van der Waals surface area contributed by atoms with Gasteiger partial charge in [-0.05, 0) is 12.5 Å². The fourth-order valence-electron chi connectivity index (χ4n) is 2.34. The number of rotatable bonds is 8. The van der Waals surface area contributed by atoms with Crippen LogP contribution < -0.4 is 16.0 Å². The van der Waals surface area contributed by atoms with Gasteiger partial charge in [-0.3, -0.25) is 9.20 Å². The van der Waals surface area contributed by atoms with E-state index in [-0.39, 0.29) is 12.5 Å². The number of fused-ring (bicyclic) bond motifs is 1. The summed E-state index contributed by atoms with van der Waals surface area (Å²) in [6.45, 7) is 8.87. The molecule has 0 aliphatic rings. The predicted molar refractivity (Wildman–Crippen MR) is 86.7 cm³/mol. The Balaban J connectivity index is 2.39. The lowest BCUT2D eigenvalue weighted by molar-refractivity contribution is -0.116. The molecule has 0 bridgehead atoms. The number of amides is 1. The molecule has 0 aliphatic carbocycles. The number of nitrogens with two attached hydrogens (primary N) is 1. The predicted octanol–water partition coefficient (Wildman–Crippen LogP) is 1.45. The van der Waals surface area contributed by atoms with Crippen LogP contribution in [-0.2, 0) is 11.3 Å². The number of thiazole rings is 1. The van der Waals surface area contributed by atoms with Gasteiger partial charge in [0.05, 0.1) is 12.2 Å². The van der Waals surface area contributed by atoms with Crippen LogP contribution in [0.3, 0.4) is 0 Å². The van der Waals surface area contributed by atoms with E-state index >= 15 is 0 Å². The summed E-state index contributed by atoms with van der Waals surface area (Å²) in [5, 5.41) is 5.35. The Kier molecular flexibility index (Phi) is 5.19. The van der Waals surface area contributed by atoms with E-state index in [1.807, 2.05) is 16.5 Å². The first-order valence-electron chi connectivity index (χ1n) is 7.21. The lowest BCUT2D eigenvalue weighted by atomic mass is 10.2. The molecule has 2 aromatic rings. The fourth-order valence-corrected chi connectivity index (χ4v) is 3.06. The van der Waals surface area contributed by atoms with E-state index in [1.165, 1.54) is 0 Å². The van der Waals surface area contributed by atoms with Gasteiger partial charge >= 0.3 is 0 Å². The largest absolute Gasteiger partial charge is 0.368 e. The molecule has 0 atom stereocenters. The summed E-state index contributed by atoms with van der Waals surface area (Å²) in [7, 11) is 0. The Hall–Kier alpha value is -1.60. The quantitative estimate of drug-likeness (QED) is 0.774. The van der Waals surface area contributed by atoms with E-state index in [2.05, 4.69) is 30.5 Å². The van der Waals surface area contributed by atoms with E-state index in [4.69, 9.17) is 10.7 Å². The third-order valence-corrected chi connectivity index (χ3v) is 3.87. The molecule has 2 aromatic heterocycles. The van der Waals surface area contributed by atoms with Gasteiger partial charge < -0.3 is 16.0 Å². The third kappa shape index (κ3) is 3.74. The first-order chi connectivity index (χ1) is 10.0. The normalized spacial score (nSPS) is 11.4. The summed E-state index contributed by atoms with van der Waals surface area (Å²) in [5.74, 6) is 0.952. The number of anilines is 1. The second-order valence-corrected chi connectivity index (χ2v) is 6.33. The minimum absolute atomic E-state index is 0.197. The van der Waals surface area contributed by atoms with Crippen molar-refractivity contribution in [3.05, 3.63) is 17.3 Å². The number of imidazole rings is 1. The van der Waals surface area contributed by atoms with E-state index in [9.17, 15) is 4.79 Å². The number of hydrogen-bond acceptors (Lipinski definition) is 5. The molecular formula is C14H23N5OS. The van der Waals surface area contributed by atoms with Crippen molar-refractivity contribution in [1.29, 1.82) is 0 Å². The van der Waals surface area contributed by atoms with Crippen LogP contribution in [0.5, 0.6) is 0 Å². The van der Waals surface area contributed by atoms with E-state index in [0.717, 1.165) is 36.1 Å². The van der Waals surface area contributed by atoms with Gasteiger partial charge in [-0.1, -0.05) is 20.8 Å². The van der Waals surface area contributed by atoms with Gasteiger partial charge in [0.2, 0.25) is 5.91 Å². The standard InChI is InChI=1S/C14H23N5OS/c1-4-16-7-11-13(17-14-19(11)5-6-21-14)18(8-10(2)3)9-12(15)20/h5-6,10,16H,4,7-9H2,1-3H3,(H2,15,20). The molecule has 0 aliphatic heterocycles. The Morgan fingerprint density at radius 3 is 2.95 bits per heavy atom. The number of carbonyl (C=O) groups is 1. The molecule has 7 heteroatoms. The lowest BCUT2D eigenvalue weighted by Gasteiger charge is -2.24. The maximum absolute atomic E-state index is 11.4. The molecule has 2 rings (SSSR count). The zero-order valence-corrected chi connectivity index (χ0v) is 13.6. The highest BCUT2D eigenvalue weighted by molar-refractivity contribution is 7.15. The Morgan fingerprint density at radius 1 is 1.57 bits per heavy atom. The van der Waals surface area contributed by atoms with E-state index < -0.39 is 0 Å². The van der Waals surface area contributed by atoms with Crippen molar-refractivity contribution in [3.63, 3.8) is 0 Å². The number of hydrogen-bond donors (Lipinski definition) is 2. The molecule has 0 fully saturated rings. The van der Waals surface area contributed by atoms with Crippen molar-refractivity contribution < 1.29 is 4.79 Å². The molecule has 0 saturated carbocycles. The van der Waals surface area contributed by atoms with E-state index in [1.54, 1.807) is 11.3 Å². The SMILES string of the molecule is CCNCc1c(N(CC(N)=O)CC(C)C)nc2sccn12. The van der Waals surface area contributed by atoms with Gasteiger partial charge in [0, 0.05) is 24.7 Å². The molecule has 0 saturated heterocycles. The Labute approximate surface area is 129 Å². The van der Waals surface area contributed by atoms with Crippen LogP contribution in [0.1, 0.15) is 26.5 Å². The van der Waals surface area contributed by atoms with Crippen molar-refractivity contribution in [2.24, 2.45) is 11.7 Å². The number of aromatic nitrogens is 2. The van der Waals surface area contributed by atoms with Crippen molar-refractivity contribution in [2.45, 2.75) is 27.3 Å². The van der Waals surface area contributed by atoms with Gasteiger partial charge in [-0.15, -0.1) is 11.3 Å². The van der Waals surface area contributed by atoms with Crippen LogP contribution in [-0.4, -0.2) is 34.9 Å². The number of carbonyl (C=O) groups excluding carboxylic acids is 1. The topological polar surface area (TPSA) is 75.7 Å². The Bertz CT molecular complexity index is 604. The monoisotopic (exact) mass is 309 g/mol. The maximum Gasteiger partial charge on any atom is 0.236 e. The van der Waals surface area contributed by atoms with Crippen molar-refractivity contribution >= 4 is 28.0 Å². The molecule has 0 aromatic carbocycles. The second-order valence-electron chi connectivity index (χ2n) is 5.46. The Morgan fingerprint density at radius 2 is 2.33 bits per heavy atom. The second kappa shape index (κ2) is 6.91. The molecule has 6 nitrogen and oxygen atoms in total. The highest BCUT2D eigenvalue weighted by Crippen LogP contribution is 2.25.